The first kappa shape index (κ1) is 40.7. The van der Waals surface area contributed by atoms with E-state index in [1.165, 1.54) is 0 Å². The molecule has 0 saturated carbocycles. The lowest BCUT2D eigenvalue weighted by molar-refractivity contribution is -0.123. The van der Waals surface area contributed by atoms with Gasteiger partial charge in [-0.25, -0.2) is 0 Å². The van der Waals surface area contributed by atoms with Crippen molar-refractivity contribution >= 4 is 62.1 Å². The first-order valence-corrected chi connectivity index (χ1v) is 21.7. The number of carbonyl (C=O) groups is 3. The van der Waals surface area contributed by atoms with E-state index in [0.29, 0.717) is 32.4 Å². The van der Waals surface area contributed by atoms with Crippen molar-refractivity contribution in [3.63, 3.8) is 0 Å². The van der Waals surface area contributed by atoms with Gasteiger partial charge in [0, 0.05) is 113 Å². The van der Waals surface area contributed by atoms with Crippen LogP contribution in [0.2, 0.25) is 0 Å². The van der Waals surface area contributed by atoms with Gasteiger partial charge in [0.15, 0.2) is 12.2 Å². The van der Waals surface area contributed by atoms with E-state index in [9.17, 15) is 14.4 Å². The quantitative estimate of drug-likeness (QED) is 0.197. The van der Waals surface area contributed by atoms with Crippen LogP contribution in [0.1, 0.15) is 25.7 Å². The Hall–Kier alpha value is -5.11. The lowest BCUT2D eigenvalue weighted by Gasteiger charge is -2.35. The van der Waals surface area contributed by atoms with Gasteiger partial charge in [0.1, 0.15) is 11.5 Å². The van der Waals surface area contributed by atoms with E-state index in [1.54, 1.807) is 4.90 Å². The molecule has 5 heterocycles. The summed E-state index contributed by atoms with van der Waals surface area (Å²) < 4.78 is 13.5. The van der Waals surface area contributed by atoms with Gasteiger partial charge in [0.05, 0.1) is 11.4 Å². The molecule has 3 amide bonds. The molecule has 4 aromatic carbocycles. The first-order chi connectivity index (χ1) is 28.7. The highest BCUT2D eigenvalue weighted by atomic mass is 79.9. The molecule has 0 spiro atoms. The summed E-state index contributed by atoms with van der Waals surface area (Å²) in [7, 11) is 4.29. The van der Waals surface area contributed by atoms with Crippen molar-refractivity contribution in [2.75, 3.05) is 111 Å². The molecule has 0 aliphatic carbocycles. The predicted octanol–water partition coefficient (Wildman–Crippen LogP) is 6.13. The minimum atomic E-state index is -0.483. The Morgan fingerprint density at radius 2 is 0.898 bits per heavy atom. The second-order valence-electron chi connectivity index (χ2n) is 15.9. The number of hydrogen-bond acceptors (Lipinski definition) is 9. The summed E-state index contributed by atoms with van der Waals surface area (Å²) in [6, 6.07) is 31.7. The lowest BCUT2D eigenvalue weighted by atomic mass is 10.2. The molecule has 12 nitrogen and oxygen atoms in total. The highest BCUT2D eigenvalue weighted by Crippen LogP contribution is 2.35. The normalized spacial score (nSPS) is 21.6. The summed E-state index contributed by atoms with van der Waals surface area (Å²) in [5.41, 5.74) is 4.81. The number of rotatable bonds is 9. The maximum atomic E-state index is 13.2. The highest BCUT2D eigenvalue weighted by Gasteiger charge is 2.36. The monoisotopic (exact) mass is 863 g/mol. The average Bonchev–Trinajstić information content (AvgIpc) is 3.97. The molecule has 2 unspecified atom stereocenters. The third kappa shape index (κ3) is 9.37. The summed E-state index contributed by atoms with van der Waals surface area (Å²) in [5, 5.41) is 0. The summed E-state index contributed by atoms with van der Waals surface area (Å²) in [6.45, 7) is 10.0. The molecule has 2 atom stereocenters. The Morgan fingerprint density at radius 1 is 0.492 bits per heavy atom. The number of nitrogens with zero attached hydrogens (tertiary/aromatic N) is 7. The summed E-state index contributed by atoms with van der Waals surface area (Å²) in [5.74, 6) is 1.77. The van der Waals surface area contributed by atoms with Crippen LogP contribution in [-0.4, -0.2) is 126 Å². The van der Waals surface area contributed by atoms with Crippen LogP contribution in [0.4, 0.5) is 28.4 Å². The van der Waals surface area contributed by atoms with Gasteiger partial charge in [-0.15, -0.1) is 0 Å². The number of carbonyl (C=O) groups excluding carboxylic acids is 3. The average molecular weight is 865 g/mol. The van der Waals surface area contributed by atoms with Crippen LogP contribution in [0, 0.1) is 0 Å². The zero-order valence-corrected chi connectivity index (χ0v) is 35.6. The number of amides is 3. The van der Waals surface area contributed by atoms with Crippen molar-refractivity contribution in [1.82, 2.24) is 9.80 Å². The fraction of sp³-hybridized carbons (Fsp3) is 0.413. The van der Waals surface area contributed by atoms with Gasteiger partial charge < -0.3 is 43.8 Å². The second-order valence-corrected chi connectivity index (χ2v) is 16.8. The number of hydrogen-bond donors (Lipinski definition) is 0. The van der Waals surface area contributed by atoms with Crippen molar-refractivity contribution in [1.29, 1.82) is 0 Å². The molecule has 5 saturated heterocycles. The molecule has 9 rings (SSSR count). The number of benzene rings is 4. The van der Waals surface area contributed by atoms with E-state index in [4.69, 9.17) is 9.47 Å². The zero-order valence-electron chi connectivity index (χ0n) is 34.0. The Labute approximate surface area is 356 Å². The standard InChI is InChI=1S/C25H30N4O3.C21H24BrN3O2/c1-26-15-17-27(18-16-26)21-5-2-3-6-22(21)32-23-12-14-29(25(23)31)20-10-8-19(9-11-20)28-13-4-7-24(28)30;1-23-12-14-24(15-13-23)18-4-2-3-5-19(18)27-20-10-11-25(21(20)26)17-8-6-16(22)7-9-17/h2-3,5-6,8-11,23H,4,7,12-18H2,1H3;2-9,20H,10-15H2,1H3. The molecular formula is C46H54BrN7O5. The van der Waals surface area contributed by atoms with E-state index in [1.807, 2.05) is 94.7 Å². The molecule has 5 aliphatic rings. The van der Waals surface area contributed by atoms with Crippen LogP contribution in [0.25, 0.3) is 0 Å². The summed E-state index contributed by atoms with van der Waals surface area (Å²) in [4.78, 5) is 52.8. The molecular weight excluding hydrogens is 810 g/mol. The van der Waals surface area contributed by atoms with Gasteiger partial charge in [0.2, 0.25) is 5.91 Å². The van der Waals surface area contributed by atoms with Crippen LogP contribution in [0.15, 0.2) is 102 Å². The van der Waals surface area contributed by atoms with E-state index >= 15 is 0 Å². The van der Waals surface area contributed by atoms with Gasteiger partial charge >= 0.3 is 0 Å². The Morgan fingerprint density at radius 3 is 1.32 bits per heavy atom. The largest absolute Gasteiger partial charge is 0.478 e. The van der Waals surface area contributed by atoms with Crippen molar-refractivity contribution in [2.24, 2.45) is 0 Å². The molecule has 310 valence electrons. The predicted molar refractivity (Wildman–Crippen MR) is 237 cm³/mol. The molecule has 0 N–H and O–H groups in total. The number of piperazine rings is 2. The third-order valence-electron chi connectivity index (χ3n) is 12.0. The van der Waals surface area contributed by atoms with Crippen molar-refractivity contribution in [2.45, 2.75) is 37.9 Å². The van der Waals surface area contributed by atoms with E-state index in [0.717, 1.165) is 110 Å². The van der Waals surface area contributed by atoms with Gasteiger partial charge in [-0.05, 0) is 93.3 Å². The number of likely N-dealkylation sites (N-methyl/N-ethyl adjacent to an activating group) is 2. The van der Waals surface area contributed by atoms with Gasteiger partial charge in [0.25, 0.3) is 11.8 Å². The van der Waals surface area contributed by atoms with Crippen LogP contribution in [0.3, 0.4) is 0 Å². The number of para-hydroxylation sites is 4. The van der Waals surface area contributed by atoms with Crippen LogP contribution in [0.5, 0.6) is 11.5 Å². The molecule has 4 aromatic rings. The molecule has 13 heteroatoms. The SMILES string of the molecule is CN1CCN(c2ccccc2OC2CCN(c3ccc(Br)cc3)C2=O)CC1.CN1CCN(c2ccccc2OC2CCN(c3ccc(N4CCCC4=O)cc3)C2=O)CC1. The molecule has 0 radical (unpaired) electrons. The molecule has 5 aliphatic heterocycles. The number of halogens is 1. The summed E-state index contributed by atoms with van der Waals surface area (Å²) >= 11 is 3.44. The summed E-state index contributed by atoms with van der Waals surface area (Å²) in [6.07, 6.45) is 1.96. The molecule has 0 aromatic heterocycles. The van der Waals surface area contributed by atoms with E-state index in [-0.39, 0.29) is 17.7 Å². The number of anilines is 5. The topological polar surface area (TPSA) is 92.3 Å². The third-order valence-corrected chi connectivity index (χ3v) is 12.5. The van der Waals surface area contributed by atoms with Crippen LogP contribution >= 0.6 is 15.9 Å². The van der Waals surface area contributed by atoms with Gasteiger partial charge in [-0.2, -0.15) is 0 Å². The minimum absolute atomic E-state index is 0.0109. The van der Waals surface area contributed by atoms with Crippen LogP contribution < -0.4 is 34.0 Å². The minimum Gasteiger partial charge on any atom is -0.478 e. The zero-order chi connectivity index (χ0) is 40.9. The Kier molecular flexibility index (Phi) is 12.7. The van der Waals surface area contributed by atoms with E-state index in [2.05, 4.69) is 61.8 Å². The smallest absolute Gasteiger partial charge is 0.268 e. The lowest BCUT2D eigenvalue weighted by Crippen LogP contribution is -2.44. The Bertz CT molecular complexity index is 2090. The van der Waals surface area contributed by atoms with Gasteiger partial charge in [-0.1, -0.05) is 40.2 Å². The van der Waals surface area contributed by atoms with Crippen molar-refractivity contribution in [3.05, 3.63) is 102 Å². The van der Waals surface area contributed by atoms with Crippen molar-refractivity contribution < 1.29 is 23.9 Å². The molecule has 59 heavy (non-hydrogen) atoms. The van der Waals surface area contributed by atoms with Gasteiger partial charge in [-0.3, -0.25) is 14.4 Å². The van der Waals surface area contributed by atoms with Crippen molar-refractivity contribution in [3.8, 4) is 11.5 Å². The maximum absolute atomic E-state index is 13.2. The molecule has 0 bridgehead atoms. The first-order valence-electron chi connectivity index (χ1n) is 20.9. The fourth-order valence-corrected chi connectivity index (χ4v) is 8.70. The van der Waals surface area contributed by atoms with Crippen LogP contribution in [-0.2, 0) is 14.4 Å². The number of ether oxygens (including phenoxy) is 2. The second kappa shape index (κ2) is 18.4. The van der Waals surface area contributed by atoms with E-state index < -0.39 is 12.2 Å². The molecule has 5 fully saturated rings. The highest BCUT2D eigenvalue weighted by molar-refractivity contribution is 9.10. The fourth-order valence-electron chi connectivity index (χ4n) is 8.43. The maximum Gasteiger partial charge on any atom is 0.268 e. The Balaban J connectivity index is 0.000000167.